The van der Waals surface area contributed by atoms with Gasteiger partial charge in [0, 0.05) is 19.6 Å². The maximum absolute atomic E-state index is 12.7. The number of nitrogens with zero attached hydrogens (tertiary/aromatic N) is 1. The van der Waals surface area contributed by atoms with Crippen molar-refractivity contribution in [3.63, 3.8) is 0 Å². The number of hydrogen-bond donors (Lipinski definition) is 0. The Bertz CT molecular complexity index is 736. The van der Waals surface area contributed by atoms with Crippen molar-refractivity contribution in [3.05, 3.63) is 29.8 Å². The second-order valence-electron chi connectivity index (χ2n) is 8.46. The summed E-state index contributed by atoms with van der Waals surface area (Å²) in [6.45, 7) is 3.95. The van der Waals surface area contributed by atoms with Crippen LogP contribution in [0.1, 0.15) is 51.0 Å². The van der Waals surface area contributed by atoms with Gasteiger partial charge in [-0.2, -0.15) is 0 Å². The zero-order valence-corrected chi connectivity index (χ0v) is 18.3. The maximum atomic E-state index is 12.7. The lowest BCUT2D eigenvalue weighted by atomic mass is 9.67. The Labute approximate surface area is 178 Å². The number of rotatable bonds is 9. The topological polar surface area (TPSA) is 74.3 Å². The van der Waals surface area contributed by atoms with Crippen LogP contribution in [0.25, 0.3) is 0 Å². The standard InChI is InChI=1S/C23H33NO6/c1-4-5-13-29-17-22(20(25)28-3)11-6-12-23(15-22)16-24(21(26)30-23)14-18-7-9-19(27-2)10-8-18/h7-10H,4-6,11-17H2,1-3H3/t22-,23-/m0/s1. The minimum Gasteiger partial charge on any atom is -0.497 e. The first-order valence-electron chi connectivity index (χ1n) is 10.7. The molecule has 1 heterocycles. The average Bonchev–Trinajstić information content (AvgIpc) is 3.05. The Hall–Kier alpha value is -2.28. The summed E-state index contributed by atoms with van der Waals surface area (Å²) < 4.78 is 22.1. The average molecular weight is 420 g/mol. The fraction of sp³-hybridized carbons (Fsp3) is 0.652. The van der Waals surface area contributed by atoms with Crippen molar-refractivity contribution in [1.29, 1.82) is 0 Å². The first-order chi connectivity index (χ1) is 14.5. The highest BCUT2D eigenvalue weighted by atomic mass is 16.6. The highest BCUT2D eigenvalue weighted by Gasteiger charge is 2.56. The number of methoxy groups -OCH3 is 2. The van der Waals surface area contributed by atoms with E-state index >= 15 is 0 Å². The summed E-state index contributed by atoms with van der Waals surface area (Å²) in [5, 5.41) is 0. The van der Waals surface area contributed by atoms with Gasteiger partial charge < -0.3 is 18.9 Å². The molecule has 2 atom stereocenters. The van der Waals surface area contributed by atoms with Crippen LogP contribution < -0.4 is 4.74 Å². The molecule has 2 aliphatic rings. The van der Waals surface area contributed by atoms with E-state index in [1.807, 2.05) is 24.3 Å². The Morgan fingerprint density at radius 2 is 1.97 bits per heavy atom. The van der Waals surface area contributed by atoms with Gasteiger partial charge in [-0.25, -0.2) is 4.79 Å². The molecule has 0 radical (unpaired) electrons. The van der Waals surface area contributed by atoms with Gasteiger partial charge in [-0.3, -0.25) is 9.69 Å². The molecule has 1 aliphatic heterocycles. The van der Waals surface area contributed by atoms with Gasteiger partial charge in [0.2, 0.25) is 0 Å². The normalized spacial score (nSPS) is 26.0. The summed E-state index contributed by atoms with van der Waals surface area (Å²) in [5.74, 6) is 0.500. The van der Waals surface area contributed by atoms with Crippen LogP contribution in [0.15, 0.2) is 24.3 Å². The zero-order valence-electron chi connectivity index (χ0n) is 18.3. The Morgan fingerprint density at radius 3 is 2.63 bits per heavy atom. The Morgan fingerprint density at radius 1 is 1.20 bits per heavy atom. The van der Waals surface area contributed by atoms with Gasteiger partial charge in [0.25, 0.3) is 0 Å². The second kappa shape index (κ2) is 9.69. The van der Waals surface area contributed by atoms with Crippen molar-refractivity contribution < 1.29 is 28.5 Å². The smallest absolute Gasteiger partial charge is 0.410 e. The van der Waals surface area contributed by atoms with Crippen LogP contribution in [-0.2, 0) is 25.5 Å². The van der Waals surface area contributed by atoms with Crippen molar-refractivity contribution >= 4 is 12.1 Å². The fourth-order valence-corrected chi connectivity index (χ4v) is 4.62. The van der Waals surface area contributed by atoms with Crippen LogP contribution in [0.2, 0.25) is 0 Å². The van der Waals surface area contributed by atoms with E-state index in [4.69, 9.17) is 18.9 Å². The number of benzene rings is 1. The molecule has 1 aromatic rings. The second-order valence-corrected chi connectivity index (χ2v) is 8.46. The van der Waals surface area contributed by atoms with Crippen LogP contribution >= 0.6 is 0 Å². The molecule has 1 aliphatic carbocycles. The van der Waals surface area contributed by atoms with Gasteiger partial charge in [-0.05, 0) is 43.4 Å². The number of carbonyl (C=O) groups excluding carboxylic acids is 2. The first kappa shape index (κ1) is 22.4. The fourth-order valence-electron chi connectivity index (χ4n) is 4.62. The van der Waals surface area contributed by atoms with Crippen LogP contribution in [0, 0.1) is 5.41 Å². The van der Waals surface area contributed by atoms with E-state index in [0.29, 0.717) is 39.1 Å². The van der Waals surface area contributed by atoms with Crippen LogP contribution in [0.3, 0.4) is 0 Å². The summed E-state index contributed by atoms with van der Waals surface area (Å²) in [6, 6.07) is 7.64. The van der Waals surface area contributed by atoms with Crippen molar-refractivity contribution in [2.75, 3.05) is 34.0 Å². The molecular weight excluding hydrogens is 386 g/mol. The van der Waals surface area contributed by atoms with Gasteiger partial charge in [0.1, 0.15) is 11.4 Å². The number of carbonyl (C=O) groups is 2. The third kappa shape index (κ3) is 4.89. The molecule has 1 spiro atoms. The number of hydrogen-bond acceptors (Lipinski definition) is 6. The maximum Gasteiger partial charge on any atom is 0.410 e. The van der Waals surface area contributed by atoms with Gasteiger partial charge in [-0.1, -0.05) is 25.5 Å². The predicted molar refractivity (Wildman–Crippen MR) is 111 cm³/mol. The van der Waals surface area contributed by atoms with E-state index in [2.05, 4.69) is 6.92 Å². The third-order valence-corrected chi connectivity index (χ3v) is 6.16. The lowest BCUT2D eigenvalue weighted by Gasteiger charge is -2.42. The van der Waals surface area contributed by atoms with E-state index in [1.165, 1.54) is 7.11 Å². The predicted octanol–water partition coefficient (Wildman–Crippen LogP) is 3.94. The number of unbranched alkanes of at least 4 members (excludes halogenated alkanes) is 1. The SMILES string of the molecule is CCCCOC[C@]1(C(=O)OC)CCC[C@@]2(CN(Cc3ccc(OC)cc3)C(=O)O2)C1. The molecule has 30 heavy (non-hydrogen) atoms. The molecule has 7 heteroatoms. The molecule has 0 N–H and O–H groups in total. The van der Waals surface area contributed by atoms with Crippen molar-refractivity contribution in [2.45, 2.75) is 57.6 Å². The lowest BCUT2D eigenvalue weighted by Crippen LogP contribution is -2.50. The lowest BCUT2D eigenvalue weighted by molar-refractivity contribution is -0.166. The molecule has 1 amide bonds. The van der Waals surface area contributed by atoms with Crippen LogP contribution in [0.4, 0.5) is 4.79 Å². The number of esters is 1. The zero-order chi connectivity index (χ0) is 21.6. The monoisotopic (exact) mass is 419 g/mol. The number of amides is 1. The minimum absolute atomic E-state index is 0.275. The van der Waals surface area contributed by atoms with Gasteiger partial charge in [0.05, 0.1) is 32.8 Å². The van der Waals surface area contributed by atoms with Crippen LogP contribution in [0.5, 0.6) is 5.75 Å². The molecule has 2 fully saturated rings. The quantitative estimate of drug-likeness (QED) is 0.446. The molecule has 166 valence electrons. The number of ether oxygens (including phenoxy) is 4. The molecule has 3 rings (SSSR count). The van der Waals surface area contributed by atoms with Crippen molar-refractivity contribution in [2.24, 2.45) is 5.41 Å². The minimum atomic E-state index is -0.767. The van der Waals surface area contributed by atoms with Crippen molar-refractivity contribution in [1.82, 2.24) is 4.90 Å². The molecule has 7 nitrogen and oxygen atoms in total. The molecular formula is C23H33NO6. The van der Waals surface area contributed by atoms with E-state index in [1.54, 1.807) is 12.0 Å². The summed E-state index contributed by atoms with van der Waals surface area (Å²) in [6.07, 6.45) is 4.30. The Balaban J connectivity index is 1.71. The molecule has 1 saturated carbocycles. The highest BCUT2D eigenvalue weighted by Crippen LogP contribution is 2.47. The molecule has 1 aromatic carbocycles. The summed E-state index contributed by atoms with van der Waals surface area (Å²) in [4.78, 5) is 27.1. The van der Waals surface area contributed by atoms with E-state index < -0.39 is 11.0 Å². The summed E-state index contributed by atoms with van der Waals surface area (Å²) >= 11 is 0. The van der Waals surface area contributed by atoms with E-state index in [9.17, 15) is 9.59 Å². The summed E-state index contributed by atoms with van der Waals surface area (Å²) in [7, 11) is 3.03. The molecule has 0 aromatic heterocycles. The van der Waals surface area contributed by atoms with Gasteiger partial charge in [0.15, 0.2) is 0 Å². The van der Waals surface area contributed by atoms with Crippen molar-refractivity contribution in [3.8, 4) is 5.75 Å². The van der Waals surface area contributed by atoms with Crippen LogP contribution in [-0.4, -0.2) is 56.5 Å². The van der Waals surface area contributed by atoms with Gasteiger partial charge >= 0.3 is 12.1 Å². The highest BCUT2D eigenvalue weighted by molar-refractivity contribution is 5.78. The molecule has 0 unspecified atom stereocenters. The summed E-state index contributed by atoms with van der Waals surface area (Å²) in [5.41, 5.74) is -0.441. The third-order valence-electron chi connectivity index (χ3n) is 6.16. The Kier molecular flexibility index (Phi) is 7.23. The van der Waals surface area contributed by atoms with E-state index in [0.717, 1.165) is 37.0 Å². The largest absolute Gasteiger partial charge is 0.497 e. The van der Waals surface area contributed by atoms with Gasteiger partial charge in [-0.15, -0.1) is 0 Å². The first-order valence-corrected chi connectivity index (χ1v) is 10.7. The van der Waals surface area contributed by atoms with E-state index in [-0.39, 0.29) is 12.1 Å². The molecule has 1 saturated heterocycles. The molecule has 0 bridgehead atoms.